The van der Waals surface area contributed by atoms with Gasteiger partial charge in [0.1, 0.15) is 4.88 Å². The maximum absolute atomic E-state index is 11.6. The topological polar surface area (TPSA) is 73.7 Å². The summed E-state index contributed by atoms with van der Waals surface area (Å²) in [5.74, 6) is -1.35. The molecule has 7 heteroatoms. The smallest absolute Gasteiger partial charge is 0.356 e. The number of fused-ring (bicyclic) bond motifs is 1. The Kier molecular flexibility index (Phi) is 3.95. The third-order valence-electron chi connectivity index (χ3n) is 4.21. The van der Waals surface area contributed by atoms with Gasteiger partial charge < -0.3 is 10.0 Å². The zero-order valence-electron chi connectivity index (χ0n) is 12.0. The van der Waals surface area contributed by atoms with Gasteiger partial charge in [0.2, 0.25) is 0 Å². The van der Waals surface area contributed by atoms with Crippen LogP contribution in [-0.2, 0) is 0 Å². The number of hydrogen-bond acceptors (Lipinski definition) is 6. The Labute approximate surface area is 127 Å². The third-order valence-corrected chi connectivity index (χ3v) is 5.43. The molecule has 0 bridgehead atoms. The molecule has 1 unspecified atom stereocenters. The van der Waals surface area contributed by atoms with E-state index in [0.717, 1.165) is 32.6 Å². The molecular formula is C14H19N3O3S. The number of rotatable bonds is 3. The summed E-state index contributed by atoms with van der Waals surface area (Å²) in [4.78, 5) is 32.0. The Morgan fingerprint density at radius 2 is 2.05 bits per heavy atom. The fraction of sp³-hybridized carbons (Fsp3) is 0.643. The fourth-order valence-electron chi connectivity index (χ4n) is 3.21. The van der Waals surface area contributed by atoms with Crippen molar-refractivity contribution in [2.75, 3.05) is 31.1 Å². The van der Waals surface area contributed by atoms with E-state index in [4.69, 9.17) is 0 Å². The number of thiazole rings is 1. The van der Waals surface area contributed by atoms with Crippen molar-refractivity contribution in [2.24, 2.45) is 0 Å². The van der Waals surface area contributed by atoms with Crippen molar-refractivity contribution in [1.29, 1.82) is 0 Å². The summed E-state index contributed by atoms with van der Waals surface area (Å²) in [7, 11) is 0. The standard InChI is InChI=1S/C14H19N3O3S/c1-9(18)12-11(13(19)20)15-14(21-12)17-7-3-6-16-5-2-4-10(16)8-17/h10H,2-8H2,1H3,(H,19,20). The lowest BCUT2D eigenvalue weighted by Gasteiger charge is -2.25. The van der Waals surface area contributed by atoms with Crippen molar-refractivity contribution >= 4 is 28.2 Å². The molecule has 3 heterocycles. The Balaban J connectivity index is 1.87. The molecule has 0 aliphatic carbocycles. The summed E-state index contributed by atoms with van der Waals surface area (Å²) in [6.07, 6.45) is 3.47. The Morgan fingerprint density at radius 1 is 1.29 bits per heavy atom. The molecule has 2 fully saturated rings. The number of nitrogens with zero attached hydrogens (tertiary/aromatic N) is 3. The van der Waals surface area contributed by atoms with E-state index in [1.165, 1.54) is 31.1 Å². The van der Waals surface area contributed by atoms with Gasteiger partial charge >= 0.3 is 5.97 Å². The number of carbonyl (C=O) groups is 2. The number of carboxylic acids is 1. The third kappa shape index (κ3) is 2.80. The van der Waals surface area contributed by atoms with Crippen LogP contribution >= 0.6 is 11.3 Å². The van der Waals surface area contributed by atoms with E-state index >= 15 is 0 Å². The molecule has 0 saturated carbocycles. The highest BCUT2D eigenvalue weighted by Crippen LogP contribution is 2.30. The van der Waals surface area contributed by atoms with Gasteiger partial charge in [-0.2, -0.15) is 0 Å². The second-order valence-electron chi connectivity index (χ2n) is 5.67. The van der Waals surface area contributed by atoms with E-state index in [9.17, 15) is 14.7 Å². The fourth-order valence-corrected chi connectivity index (χ4v) is 4.20. The highest BCUT2D eigenvalue weighted by Gasteiger charge is 2.31. The highest BCUT2D eigenvalue weighted by atomic mass is 32.1. The molecule has 114 valence electrons. The molecule has 0 radical (unpaired) electrons. The highest BCUT2D eigenvalue weighted by molar-refractivity contribution is 7.17. The Bertz CT molecular complexity index is 540. The molecule has 1 N–H and O–H groups in total. The van der Waals surface area contributed by atoms with Crippen LogP contribution in [0.5, 0.6) is 0 Å². The number of carboxylic acid groups (broad SMARTS) is 1. The molecule has 2 aliphatic heterocycles. The van der Waals surface area contributed by atoms with Crippen molar-refractivity contribution in [2.45, 2.75) is 32.2 Å². The number of hydrogen-bond donors (Lipinski definition) is 1. The molecule has 1 atom stereocenters. The van der Waals surface area contributed by atoms with Crippen molar-refractivity contribution in [1.82, 2.24) is 9.88 Å². The number of aromatic nitrogens is 1. The van der Waals surface area contributed by atoms with Gasteiger partial charge in [-0.25, -0.2) is 9.78 Å². The molecule has 0 spiro atoms. The maximum Gasteiger partial charge on any atom is 0.356 e. The van der Waals surface area contributed by atoms with Gasteiger partial charge in [0.25, 0.3) is 0 Å². The minimum absolute atomic E-state index is 0.102. The number of anilines is 1. The average Bonchev–Trinajstić information content (AvgIpc) is 3.01. The zero-order chi connectivity index (χ0) is 15.0. The van der Waals surface area contributed by atoms with E-state index in [1.54, 1.807) is 0 Å². The van der Waals surface area contributed by atoms with Gasteiger partial charge in [0.15, 0.2) is 16.6 Å². The van der Waals surface area contributed by atoms with Crippen LogP contribution in [0.25, 0.3) is 0 Å². The normalized spacial score (nSPS) is 22.9. The van der Waals surface area contributed by atoms with Gasteiger partial charge in [-0.05, 0) is 25.8 Å². The van der Waals surface area contributed by atoms with Crippen molar-refractivity contribution in [3.05, 3.63) is 10.6 Å². The first-order valence-corrected chi connectivity index (χ1v) is 8.12. The summed E-state index contributed by atoms with van der Waals surface area (Å²) in [5, 5.41) is 9.87. The summed E-state index contributed by atoms with van der Waals surface area (Å²) < 4.78 is 0. The Hall–Kier alpha value is -1.47. The average molecular weight is 309 g/mol. The summed E-state index contributed by atoms with van der Waals surface area (Å²) in [6.45, 7) is 5.40. The second-order valence-corrected chi connectivity index (χ2v) is 6.64. The van der Waals surface area contributed by atoms with Crippen LogP contribution in [0.2, 0.25) is 0 Å². The van der Waals surface area contributed by atoms with Gasteiger partial charge in [-0.1, -0.05) is 11.3 Å². The van der Waals surface area contributed by atoms with Gasteiger partial charge in [-0.3, -0.25) is 9.69 Å². The van der Waals surface area contributed by atoms with Crippen molar-refractivity contribution < 1.29 is 14.7 Å². The quantitative estimate of drug-likeness (QED) is 0.857. The van der Waals surface area contributed by atoms with Crippen LogP contribution in [0.15, 0.2) is 0 Å². The molecule has 21 heavy (non-hydrogen) atoms. The Morgan fingerprint density at radius 3 is 2.71 bits per heavy atom. The number of Topliss-reactive ketones (excluding diaryl/α,β-unsaturated/α-hetero) is 1. The molecule has 6 nitrogen and oxygen atoms in total. The number of carbonyl (C=O) groups excluding carboxylic acids is 1. The minimum Gasteiger partial charge on any atom is -0.476 e. The summed E-state index contributed by atoms with van der Waals surface area (Å²) in [6, 6.07) is 0.533. The van der Waals surface area contributed by atoms with Crippen LogP contribution in [-0.4, -0.2) is 59.0 Å². The van der Waals surface area contributed by atoms with Gasteiger partial charge in [0.05, 0.1) is 0 Å². The lowest BCUT2D eigenvalue weighted by atomic mass is 10.2. The largest absolute Gasteiger partial charge is 0.476 e. The van der Waals surface area contributed by atoms with Crippen LogP contribution in [0.4, 0.5) is 5.13 Å². The molecule has 0 aromatic carbocycles. The van der Waals surface area contributed by atoms with E-state index in [-0.39, 0.29) is 16.4 Å². The molecule has 1 aromatic rings. The van der Waals surface area contributed by atoms with Gasteiger partial charge in [0, 0.05) is 32.6 Å². The lowest BCUT2D eigenvalue weighted by molar-refractivity contribution is 0.0687. The molecule has 2 saturated heterocycles. The summed E-state index contributed by atoms with van der Waals surface area (Å²) in [5.41, 5.74) is -0.102. The summed E-state index contributed by atoms with van der Waals surface area (Å²) >= 11 is 1.21. The van der Waals surface area contributed by atoms with E-state index < -0.39 is 5.97 Å². The van der Waals surface area contributed by atoms with Crippen LogP contribution in [0.1, 0.15) is 46.3 Å². The maximum atomic E-state index is 11.6. The van der Waals surface area contributed by atoms with Crippen molar-refractivity contribution in [3.8, 4) is 0 Å². The first kappa shape index (κ1) is 14.5. The lowest BCUT2D eigenvalue weighted by Crippen LogP contribution is -2.36. The predicted molar refractivity (Wildman–Crippen MR) is 80.5 cm³/mol. The predicted octanol–water partition coefficient (Wildman–Crippen LogP) is 1.72. The minimum atomic E-state index is -1.12. The number of aromatic carboxylic acids is 1. The van der Waals surface area contributed by atoms with E-state index in [2.05, 4.69) is 14.8 Å². The van der Waals surface area contributed by atoms with Crippen LogP contribution in [0, 0.1) is 0 Å². The zero-order valence-corrected chi connectivity index (χ0v) is 12.9. The first-order valence-electron chi connectivity index (χ1n) is 7.30. The van der Waals surface area contributed by atoms with Crippen molar-refractivity contribution in [3.63, 3.8) is 0 Å². The van der Waals surface area contributed by atoms with Crippen LogP contribution in [0.3, 0.4) is 0 Å². The van der Waals surface area contributed by atoms with E-state index in [0.29, 0.717) is 11.2 Å². The van der Waals surface area contributed by atoms with Gasteiger partial charge in [-0.15, -0.1) is 0 Å². The first-order chi connectivity index (χ1) is 10.1. The monoisotopic (exact) mass is 309 g/mol. The molecule has 3 rings (SSSR count). The van der Waals surface area contributed by atoms with Crippen LogP contribution < -0.4 is 4.90 Å². The van der Waals surface area contributed by atoms with E-state index in [1.807, 2.05) is 0 Å². The molecule has 1 aromatic heterocycles. The molecule has 0 amide bonds. The molecular weight excluding hydrogens is 290 g/mol. The number of ketones is 1. The molecule has 2 aliphatic rings. The SMILES string of the molecule is CC(=O)c1sc(N2CCCN3CCCC3C2)nc1C(=O)O. The second kappa shape index (κ2) is 5.73.